The summed E-state index contributed by atoms with van der Waals surface area (Å²) in [5, 5.41) is 3.57. The molecule has 1 amide bonds. The fraction of sp³-hybridized carbons (Fsp3) is 0.200. The summed E-state index contributed by atoms with van der Waals surface area (Å²) in [6.45, 7) is 0. The summed E-state index contributed by atoms with van der Waals surface area (Å²) in [5.41, 5.74) is 1.43. The quantitative estimate of drug-likeness (QED) is 0.717. The first kappa shape index (κ1) is 18.3. The summed E-state index contributed by atoms with van der Waals surface area (Å²) in [7, 11) is 6.22. The lowest BCUT2D eigenvalue weighted by Crippen LogP contribution is -2.14. The lowest BCUT2D eigenvalue weighted by atomic mass is 10.1. The van der Waals surface area contributed by atoms with Gasteiger partial charge in [-0.3, -0.25) is 4.79 Å². The second-order valence-electron chi connectivity index (χ2n) is 5.62. The molecule has 1 heterocycles. The van der Waals surface area contributed by atoms with Crippen LogP contribution in [0.5, 0.6) is 23.0 Å². The minimum absolute atomic E-state index is 0.235. The third kappa shape index (κ3) is 3.72. The molecule has 27 heavy (non-hydrogen) atoms. The van der Waals surface area contributed by atoms with Crippen LogP contribution in [0.1, 0.15) is 10.5 Å². The molecule has 0 radical (unpaired) electrons. The van der Waals surface area contributed by atoms with Crippen molar-refractivity contribution in [1.82, 2.24) is 4.98 Å². The second kappa shape index (κ2) is 7.82. The van der Waals surface area contributed by atoms with Gasteiger partial charge in [0.1, 0.15) is 17.2 Å². The van der Waals surface area contributed by atoms with Crippen molar-refractivity contribution in [2.24, 2.45) is 0 Å². The molecule has 0 aliphatic rings. The molecule has 3 rings (SSSR count). The number of benzene rings is 2. The Balaban J connectivity index is 1.94. The molecule has 0 spiro atoms. The average molecular weight is 368 g/mol. The van der Waals surface area contributed by atoms with Crippen LogP contribution in [0.15, 0.2) is 42.5 Å². The lowest BCUT2D eigenvalue weighted by molar-refractivity contribution is 0.102. The van der Waals surface area contributed by atoms with Gasteiger partial charge in [0.2, 0.25) is 0 Å². The van der Waals surface area contributed by atoms with Crippen molar-refractivity contribution in [3.05, 3.63) is 48.2 Å². The van der Waals surface area contributed by atoms with Gasteiger partial charge in [-0.25, -0.2) is 4.98 Å². The number of fused-ring (bicyclic) bond motifs is 1. The van der Waals surface area contributed by atoms with Gasteiger partial charge in [0.15, 0.2) is 11.5 Å². The van der Waals surface area contributed by atoms with Gasteiger partial charge in [-0.05, 0) is 30.3 Å². The number of nitrogens with zero attached hydrogens (tertiary/aromatic N) is 1. The minimum Gasteiger partial charge on any atom is -0.497 e. The number of carbonyl (C=O) groups is 1. The molecule has 1 aromatic heterocycles. The maximum Gasteiger partial charge on any atom is 0.274 e. The van der Waals surface area contributed by atoms with Crippen LogP contribution in [0.25, 0.3) is 10.9 Å². The van der Waals surface area contributed by atoms with E-state index in [9.17, 15) is 4.79 Å². The Morgan fingerprint density at radius 3 is 2.22 bits per heavy atom. The van der Waals surface area contributed by atoms with E-state index in [1.165, 1.54) is 7.11 Å². The van der Waals surface area contributed by atoms with Crippen LogP contribution in [0.2, 0.25) is 0 Å². The van der Waals surface area contributed by atoms with Crippen molar-refractivity contribution in [1.29, 1.82) is 0 Å². The molecule has 0 saturated carbocycles. The highest BCUT2D eigenvalue weighted by Crippen LogP contribution is 2.31. The zero-order chi connectivity index (χ0) is 19.4. The van der Waals surface area contributed by atoms with Crippen LogP contribution < -0.4 is 24.3 Å². The monoisotopic (exact) mass is 368 g/mol. The van der Waals surface area contributed by atoms with Crippen LogP contribution in [-0.2, 0) is 0 Å². The molecule has 140 valence electrons. The van der Waals surface area contributed by atoms with Crippen molar-refractivity contribution in [2.75, 3.05) is 33.8 Å². The van der Waals surface area contributed by atoms with E-state index in [0.29, 0.717) is 34.2 Å². The smallest absolute Gasteiger partial charge is 0.274 e. The number of nitrogens with one attached hydrogen (secondary N) is 1. The normalized spacial score (nSPS) is 10.4. The SMILES string of the molecule is COc1ccc2nc(C(=O)Nc3ccc(OC)c(OC)c3)cc(OC)c2c1. The van der Waals surface area contributed by atoms with E-state index in [2.05, 4.69) is 10.3 Å². The van der Waals surface area contributed by atoms with Gasteiger partial charge >= 0.3 is 0 Å². The molecule has 1 N–H and O–H groups in total. The Hall–Kier alpha value is -3.48. The fourth-order valence-electron chi connectivity index (χ4n) is 2.70. The first-order valence-corrected chi connectivity index (χ1v) is 8.15. The summed E-state index contributed by atoms with van der Waals surface area (Å²) >= 11 is 0. The van der Waals surface area contributed by atoms with E-state index in [0.717, 1.165) is 5.39 Å². The molecule has 0 atom stereocenters. The second-order valence-corrected chi connectivity index (χ2v) is 5.62. The summed E-state index contributed by atoms with van der Waals surface area (Å²) in [6.07, 6.45) is 0. The Kier molecular flexibility index (Phi) is 5.30. The molecule has 3 aromatic rings. The van der Waals surface area contributed by atoms with E-state index in [4.69, 9.17) is 18.9 Å². The summed E-state index contributed by atoms with van der Waals surface area (Å²) in [4.78, 5) is 17.1. The molecular weight excluding hydrogens is 348 g/mol. The molecular formula is C20H20N2O5. The molecule has 0 saturated heterocycles. The molecule has 2 aromatic carbocycles. The minimum atomic E-state index is -0.363. The highest BCUT2D eigenvalue weighted by Gasteiger charge is 2.15. The van der Waals surface area contributed by atoms with Crippen molar-refractivity contribution in [3.8, 4) is 23.0 Å². The number of aromatic nitrogens is 1. The predicted octanol–water partition coefficient (Wildman–Crippen LogP) is 3.52. The highest BCUT2D eigenvalue weighted by atomic mass is 16.5. The van der Waals surface area contributed by atoms with Gasteiger partial charge in [0.25, 0.3) is 5.91 Å². The van der Waals surface area contributed by atoms with Crippen molar-refractivity contribution in [3.63, 3.8) is 0 Å². The van der Waals surface area contributed by atoms with E-state index < -0.39 is 0 Å². The molecule has 0 fully saturated rings. The van der Waals surface area contributed by atoms with Gasteiger partial charge in [-0.1, -0.05) is 0 Å². The van der Waals surface area contributed by atoms with Crippen LogP contribution in [-0.4, -0.2) is 39.3 Å². The molecule has 0 aliphatic carbocycles. The maximum atomic E-state index is 12.7. The van der Waals surface area contributed by atoms with Crippen molar-refractivity contribution < 1.29 is 23.7 Å². The van der Waals surface area contributed by atoms with E-state index in [1.807, 2.05) is 6.07 Å². The van der Waals surface area contributed by atoms with Gasteiger partial charge < -0.3 is 24.3 Å². The van der Waals surface area contributed by atoms with E-state index in [1.54, 1.807) is 57.7 Å². The van der Waals surface area contributed by atoms with Crippen molar-refractivity contribution >= 4 is 22.5 Å². The third-order valence-electron chi connectivity index (χ3n) is 4.07. The highest BCUT2D eigenvalue weighted by molar-refractivity contribution is 6.05. The van der Waals surface area contributed by atoms with Crippen molar-refractivity contribution in [2.45, 2.75) is 0 Å². The number of pyridine rings is 1. The Bertz CT molecular complexity index is 988. The number of ether oxygens (including phenoxy) is 4. The van der Waals surface area contributed by atoms with E-state index in [-0.39, 0.29) is 11.6 Å². The van der Waals surface area contributed by atoms with Gasteiger partial charge in [0.05, 0.1) is 34.0 Å². The molecule has 0 bridgehead atoms. The van der Waals surface area contributed by atoms with Gasteiger partial charge in [-0.15, -0.1) is 0 Å². The fourth-order valence-corrected chi connectivity index (χ4v) is 2.70. The van der Waals surface area contributed by atoms with Crippen LogP contribution in [0, 0.1) is 0 Å². The van der Waals surface area contributed by atoms with Crippen LogP contribution in [0.3, 0.4) is 0 Å². The average Bonchev–Trinajstić information content (AvgIpc) is 2.72. The number of hydrogen-bond donors (Lipinski definition) is 1. The molecule has 7 heteroatoms. The first-order chi connectivity index (χ1) is 13.1. The molecule has 7 nitrogen and oxygen atoms in total. The van der Waals surface area contributed by atoms with Gasteiger partial charge in [0, 0.05) is 23.2 Å². The summed E-state index contributed by atoms with van der Waals surface area (Å²) < 4.78 is 21.1. The third-order valence-corrected chi connectivity index (χ3v) is 4.07. The number of rotatable bonds is 6. The maximum absolute atomic E-state index is 12.7. The lowest BCUT2D eigenvalue weighted by Gasteiger charge is -2.12. The number of anilines is 1. The number of carbonyl (C=O) groups excluding carboxylic acids is 1. The Morgan fingerprint density at radius 2 is 1.56 bits per heavy atom. The molecule has 0 unspecified atom stereocenters. The van der Waals surface area contributed by atoms with E-state index >= 15 is 0 Å². The van der Waals surface area contributed by atoms with Gasteiger partial charge in [-0.2, -0.15) is 0 Å². The van der Waals surface area contributed by atoms with Crippen LogP contribution >= 0.6 is 0 Å². The summed E-state index contributed by atoms with van der Waals surface area (Å²) in [5.74, 6) is 1.96. The number of hydrogen-bond acceptors (Lipinski definition) is 6. The Labute approximate surface area is 156 Å². The molecule has 0 aliphatic heterocycles. The zero-order valence-electron chi connectivity index (χ0n) is 15.5. The standard InChI is InChI=1S/C20H20N2O5/c1-24-13-6-7-15-14(10-13)18(26-3)11-16(22-15)20(23)21-12-5-8-17(25-2)19(9-12)27-4/h5-11H,1-4H3,(H,21,23). The largest absolute Gasteiger partial charge is 0.497 e. The number of methoxy groups -OCH3 is 4. The predicted molar refractivity (Wildman–Crippen MR) is 102 cm³/mol. The zero-order valence-corrected chi connectivity index (χ0v) is 15.5. The number of amides is 1. The summed E-state index contributed by atoms with van der Waals surface area (Å²) in [6, 6.07) is 12.1. The Morgan fingerprint density at radius 1 is 0.815 bits per heavy atom. The van der Waals surface area contributed by atoms with Crippen LogP contribution in [0.4, 0.5) is 5.69 Å². The topological polar surface area (TPSA) is 78.9 Å². The first-order valence-electron chi connectivity index (χ1n) is 8.15.